The average Bonchev–Trinajstić information content (AvgIpc) is 2.98. The van der Waals surface area contributed by atoms with Gasteiger partial charge in [0, 0.05) is 45.6 Å². The fraction of sp³-hybridized carbons (Fsp3) is 0.600. The van der Waals surface area contributed by atoms with Gasteiger partial charge in [0.05, 0.1) is 11.1 Å². The van der Waals surface area contributed by atoms with E-state index in [1.54, 1.807) is 29.2 Å². The maximum absolute atomic E-state index is 12.8. The van der Waals surface area contributed by atoms with Gasteiger partial charge in [-0.05, 0) is 30.9 Å². The monoisotopic (exact) mass is 439 g/mol. The van der Waals surface area contributed by atoms with Gasteiger partial charge in [-0.1, -0.05) is 44.2 Å². The Kier molecular flexibility index (Phi) is 7.22. The highest BCUT2D eigenvalue weighted by Crippen LogP contribution is 2.27. The molecule has 1 aromatic carbocycles. The fourth-order valence-electron chi connectivity index (χ4n) is 5.19. The predicted octanol–water partition coefficient (Wildman–Crippen LogP) is 3.09. The van der Waals surface area contributed by atoms with Crippen molar-refractivity contribution in [1.82, 2.24) is 14.7 Å². The molecule has 0 unspecified atom stereocenters. The Morgan fingerprint density at radius 2 is 1.31 bits per heavy atom. The second kappa shape index (κ2) is 10.3. The SMILES string of the molecule is O=C(CCC1CCCCC1)N1CCCN(C(=O)CCN2C(=O)c3ccccc3C2=O)CC1. The highest BCUT2D eigenvalue weighted by atomic mass is 16.2. The Labute approximate surface area is 189 Å². The molecule has 0 radical (unpaired) electrons. The van der Waals surface area contributed by atoms with E-state index < -0.39 is 0 Å². The van der Waals surface area contributed by atoms with Crippen LogP contribution in [0.2, 0.25) is 0 Å². The maximum Gasteiger partial charge on any atom is 0.261 e. The van der Waals surface area contributed by atoms with E-state index in [1.807, 2.05) is 4.90 Å². The average molecular weight is 440 g/mol. The summed E-state index contributed by atoms with van der Waals surface area (Å²) in [6.07, 6.45) is 8.88. The van der Waals surface area contributed by atoms with Gasteiger partial charge in [-0.3, -0.25) is 24.1 Å². The fourth-order valence-corrected chi connectivity index (χ4v) is 5.19. The van der Waals surface area contributed by atoms with Crippen molar-refractivity contribution in [1.29, 1.82) is 0 Å². The van der Waals surface area contributed by atoms with Crippen LogP contribution in [0.5, 0.6) is 0 Å². The zero-order valence-electron chi connectivity index (χ0n) is 18.8. The van der Waals surface area contributed by atoms with E-state index in [4.69, 9.17) is 0 Å². The first-order chi connectivity index (χ1) is 15.5. The lowest BCUT2D eigenvalue weighted by molar-refractivity contribution is -0.133. The summed E-state index contributed by atoms with van der Waals surface area (Å²) in [6.45, 7) is 2.45. The van der Waals surface area contributed by atoms with E-state index in [0.29, 0.717) is 49.6 Å². The quantitative estimate of drug-likeness (QED) is 0.638. The van der Waals surface area contributed by atoms with Gasteiger partial charge < -0.3 is 9.80 Å². The lowest BCUT2D eigenvalue weighted by atomic mass is 9.86. The third-order valence-electron chi connectivity index (χ3n) is 7.12. The van der Waals surface area contributed by atoms with Crippen LogP contribution in [0.25, 0.3) is 0 Å². The minimum atomic E-state index is -0.330. The van der Waals surface area contributed by atoms with Crippen molar-refractivity contribution >= 4 is 23.6 Å². The van der Waals surface area contributed by atoms with Crippen LogP contribution in [0.15, 0.2) is 24.3 Å². The zero-order chi connectivity index (χ0) is 22.5. The molecule has 7 heteroatoms. The summed E-state index contributed by atoms with van der Waals surface area (Å²) in [5.74, 6) is 0.168. The highest BCUT2D eigenvalue weighted by molar-refractivity contribution is 6.21. The first kappa shape index (κ1) is 22.5. The van der Waals surface area contributed by atoms with E-state index in [-0.39, 0.29) is 36.6 Å². The smallest absolute Gasteiger partial charge is 0.261 e. The molecule has 0 aromatic heterocycles. The first-order valence-electron chi connectivity index (χ1n) is 12.1. The van der Waals surface area contributed by atoms with Crippen molar-refractivity contribution in [3.05, 3.63) is 35.4 Å². The van der Waals surface area contributed by atoms with Crippen LogP contribution in [0.3, 0.4) is 0 Å². The van der Waals surface area contributed by atoms with Gasteiger partial charge >= 0.3 is 0 Å². The van der Waals surface area contributed by atoms with E-state index in [2.05, 4.69) is 0 Å². The number of carbonyl (C=O) groups is 4. The Balaban J connectivity index is 1.23. The molecular weight excluding hydrogens is 406 g/mol. The molecule has 32 heavy (non-hydrogen) atoms. The molecule has 2 aliphatic heterocycles. The third-order valence-corrected chi connectivity index (χ3v) is 7.12. The number of fused-ring (bicyclic) bond motifs is 1. The zero-order valence-corrected chi connectivity index (χ0v) is 18.8. The van der Waals surface area contributed by atoms with Crippen LogP contribution >= 0.6 is 0 Å². The highest BCUT2D eigenvalue weighted by Gasteiger charge is 2.35. The summed E-state index contributed by atoms with van der Waals surface area (Å²) in [4.78, 5) is 55.3. The summed E-state index contributed by atoms with van der Waals surface area (Å²) < 4.78 is 0. The number of amides is 4. The molecule has 4 rings (SSSR count). The number of imide groups is 1. The van der Waals surface area contributed by atoms with E-state index in [9.17, 15) is 19.2 Å². The molecule has 0 spiro atoms. The summed E-state index contributed by atoms with van der Waals surface area (Å²) in [5, 5.41) is 0. The van der Waals surface area contributed by atoms with Gasteiger partial charge in [-0.2, -0.15) is 0 Å². The topological polar surface area (TPSA) is 78.0 Å². The maximum atomic E-state index is 12.8. The lowest BCUT2D eigenvalue weighted by Crippen LogP contribution is -2.39. The first-order valence-corrected chi connectivity index (χ1v) is 12.1. The molecule has 4 amide bonds. The van der Waals surface area contributed by atoms with Crippen LogP contribution < -0.4 is 0 Å². The summed E-state index contributed by atoms with van der Waals surface area (Å²) in [7, 11) is 0. The Hall–Kier alpha value is -2.70. The van der Waals surface area contributed by atoms with Crippen LogP contribution in [-0.4, -0.2) is 71.1 Å². The number of nitrogens with zero attached hydrogens (tertiary/aromatic N) is 3. The third kappa shape index (κ3) is 5.03. The van der Waals surface area contributed by atoms with Gasteiger partial charge in [-0.25, -0.2) is 0 Å². The van der Waals surface area contributed by atoms with Gasteiger partial charge in [-0.15, -0.1) is 0 Å². The molecule has 1 aliphatic carbocycles. The van der Waals surface area contributed by atoms with Crippen molar-refractivity contribution in [2.75, 3.05) is 32.7 Å². The molecular formula is C25H33N3O4. The van der Waals surface area contributed by atoms with Crippen LogP contribution in [0.1, 0.15) is 78.5 Å². The second-order valence-corrected chi connectivity index (χ2v) is 9.22. The predicted molar refractivity (Wildman–Crippen MR) is 120 cm³/mol. The number of carbonyl (C=O) groups excluding carboxylic acids is 4. The molecule has 1 aromatic rings. The molecule has 0 atom stereocenters. The van der Waals surface area contributed by atoms with Gasteiger partial charge in [0.2, 0.25) is 11.8 Å². The van der Waals surface area contributed by atoms with Crippen LogP contribution in [0.4, 0.5) is 0 Å². The molecule has 3 aliphatic rings. The molecule has 0 bridgehead atoms. The Bertz CT molecular complexity index is 843. The Morgan fingerprint density at radius 1 is 0.750 bits per heavy atom. The number of hydrogen-bond donors (Lipinski definition) is 0. The molecule has 2 fully saturated rings. The van der Waals surface area contributed by atoms with Crippen molar-refractivity contribution in [2.45, 2.75) is 57.8 Å². The van der Waals surface area contributed by atoms with Crippen LogP contribution in [0, 0.1) is 5.92 Å². The number of hydrogen-bond acceptors (Lipinski definition) is 4. The molecule has 7 nitrogen and oxygen atoms in total. The minimum absolute atomic E-state index is 0.0712. The lowest BCUT2D eigenvalue weighted by Gasteiger charge is -2.25. The molecule has 2 heterocycles. The molecule has 1 saturated carbocycles. The summed E-state index contributed by atoms with van der Waals surface area (Å²) in [6, 6.07) is 6.76. The second-order valence-electron chi connectivity index (χ2n) is 9.22. The van der Waals surface area contributed by atoms with Gasteiger partial charge in [0.25, 0.3) is 11.8 Å². The van der Waals surface area contributed by atoms with Crippen molar-refractivity contribution in [3.63, 3.8) is 0 Å². The van der Waals surface area contributed by atoms with E-state index in [0.717, 1.165) is 12.8 Å². The van der Waals surface area contributed by atoms with Crippen LogP contribution in [-0.2, 0) is 9.59 Å². The minimum Gasteiger partial charge on any atom is -0.341 e. The van der Waals surface area contributed by atoms with Gasteiger partial charge in [0.1, 0.15) is 0 Å². The van der Waals surface area contributed by atoms with Crippen molar-refractivity contribution < 1.29 is 19.2 Å². The Morgan fingerprint density at radius 3 is 1.91 bits per heavy atom. The van der Waals surface area contributed by atoms with Gasteiger partial charge in [0.15, 0.2) is 0 Å². The number of rotatable bonds is 6. The van der Waals surface area contributed by atoms with Crippen molar-refractivity contribution in [2.24, 2.45) is 5.92 Å². The molecule has 1 saturated heterocycles. The molecule has 0 N–H and O–H groups in total. The van der Waals surface area contributed by atoms with Crippen molar-refractivity contribution in [3.8, 4) is 0 Å². The standard InChI is InChI=1S/C25H33N3O4/c29-22(12-11-19-7-2-1-3-8-19)26-14-6-15-27(18-17-26)23(30)13-16-28-24(31)20-9-4-5-10-21(20)25(28)32/h4-5,9-10,19H,1-3,6-8,11-18H2. The molecule has 172 valence electrons. The van der Waals surface area contributed by atoms with E-state index in [1.165, 1.54) is 37.0 Å². The normalized spacial score (nSPS) is 19.8. The van der Waals surface area contributed by atoms with E-state index >= 15 is 0 Å². The summed E-state index contributed by atoms with van der Waals surface area (Å²) in [5.41, 5.74) is 0.809. The summed E-state index contributed by atoms with van der Waals surface area (Å²) >= 11 is 0. The number of benzene rings is 1. The largest absolute Gasteiger partial charge is 0.341 e.